The van der Waals surface area contributed by atoms with E-state index in [1.165, 1.54) is 4.31 Å². The fraction of sp³-hybridized carbons (Fsp3) is 0.211. The first-order valence-electron chi connectivity index (χ1n) is 9.04. The van der Waals surface area contributed by atoms with Crippen molar-refractivity contribution in [2.45, 2.75) is 4.90 Å². The van der Waals surface area contributed by atoms with Crippen LogP contribution < -0.4 is 10.2 Å². The van der Waals surface area contributed by atoms with Gasteiger partial charge in [0.1, 0.15) is 0 Å². The minimum Gasteiger partial charge on any atom is -0.352 e. The minimum atomic E-state index is -3.47. The molecule has 1 aliphatic heterocycles. The third-order valence-electron chi connectivity index (χ3n) is 4.60. The highest BCUT2D eigenvalue weighted by atomic mass is 127. The average molecular weight is 522 g/mol. The molecular formula is C19H19IN6O2S. The smallest absolute Gasteiger partial charge is 0.243 e. The van der Waals surface area contributed by atoms with Gasteiger partial charge in [-0.15, -0.1) is 10.2 Å². The van der Waals surface area contributed by atoms with Crippen molar-refractivity contribution in [1.29, 1.82) is 0 Å². The van der Waals surface area contributed by atoms with Crippen LogP contribution in [0.4, 0.5) is 17.3 Å². The summed E-state index contributed by atoms with van der Waals surface area (Å²) in [6, 6.07) is 14.4. The van der Waals surface area contributed by atoms with Gasteiger partial charge in [-0.2, -0.15) is 4.31 Å². The van der Waals surface area contributed by atoms with Crippen LogP contribution in [0.15, 0.2) is 65.8 Å². The molecule has 0 amide bonds. The number of aromatic nitrogens is 3. The predicted molar refractivity (Wildman–Crippen MR) is 120 cm³/mol. The van der Waals surface area contributed by atoms with E-state index in [9.17, 15) is 8.42 Å². The molecule has 0 saturated carbocycles. The lowest BCUT2D eigenvalue weighted by Gasteiger charge is -2.34. The molecule has 10 heteroatoms. The first kappa shape index (κ1) is 20.0. The lowest BCUT2D eigenvalue weighted by molar-refractivity contribution is 0.383. The third-order valence-corrected chi connectivity index (χ3v) is 7.23. The lowest BCUT2D eigenvalue weighted by atomic mass is 10.3. The Morgan fingerprint density at radius 3 is 2.31 bits per heavy atom. The number of pyridine rings is 1. The van der Waals surface area contributed by atoms with Gasteiger partial charge >= 0.3 is 0 Å². The summed E-state index contributed by atoms with van der Waals surface area (Å²) in [7, 11) is -3.47. The summed E-state index contributed by atoms with van der Waals surface area (Å²) < 4.78 is 28.2. The first-order chi connectivity index (χ1) is 14.0. The van der Waals surface area contributed by atoms with Gasteiger partial charge in [0.15, 0.2) is 11.6 Å². The molecule has 0 bridgehead atoms. The SMILES string of the molecule is O=S(=O)(c1ccc(I)cc1)N1CCN(c2ccc(Nc3cccnc3)nn2)CC1. The molecule has 0 unspecified atom stereocenters. The van der Waals surface area contributed by atoms with E-state index in [-0.39, 0.29) is 0 Å². The standard InChI is InChI=1S/C19H19IN6O2S/c20-15-3-5-17(6-4-15)29(27,28)26-12-10-25(11-13-26)19-8-7-18(23-24-19)22-16-2-1-9-21-14-16/h1-9,14H,10-13H2,(H,22,23). The summed E-state index contributed by atoms with van der Waals surface area (Å²) in [4.78, 5) is 6.42. The number of rotatable bonds is 5. The zero-order valence-electron chi connectivity index (χ0n) is 15.4. The number of nitrogens with zero attached hydrogens (tertiary/aromatic N) is 5. The van der Waals surface area contributed by atoms with Crippen LogP contribution in [0.1, 0.15) is 0 Å². The molecule has 3 aromatic rings. The van der Waals surface area contributed by atoms with Crippen LogP contribution in [-0.2, 0) is 10.0 Å². The van der Waals surface area contributed by atoms with Gasteiger partial charge in [-0.3, -0.25) is 4.98 Å². The molecule has 1 aliphatic rings. The Labute approximate surface area is 183 Å². The molecule has 0 spiro atoms. The monoisotopic (exact) mass is 522 g/mol. The van der Waals surface area contributed by atoms with Crippen molar-refractivity contribution in [1.82, 2.24) is 19.5 Å². The zero-order chi connectivity index (χ0) is 20.3. The van der Waals surface area contributed by atoms with Crippen LogP contribution in [0.25, 0.3) is 0 Å². The third kappa shape index (κ3) is 4.65. The molecule has 150 valence electrons. The quantitative estimate of drug-likeness (QED) is 0.516. The molecule has 0 radical (unpaired) electrons. The Hall–Kier alpha value is -2.31. The summed E-state index contributed by atoms with van der Waals surface area (Å²) in [6.07, 6.45) is 3.42. The minimum absolute atomic E-state index is 0.331. The second-order valence-corrected chi connectivity index (χ2v) is 9.67. The van der Waals surface area contributed by atoms with Crippen LogP contribution in [0, 0.1) is 3.57 Å². The largest absolute Gasteiger partial charge is 0.352 e. The molecular weight excluding hydrogens is 503 g/mol. The van der Waals surface area contributed by atoms with E-state index in [2.05, 4.69) is 43.1 Å². The second kappa shape index (κ2) is 8.59. The molecule has 8 nitrogen and oxygen atoms in total. The van der Waals surface area contributed by atoms with Crippen LogP contribution in [0.3, 0.4) is 0 Å². The number of hydrogen-bond acceptors (Lipinski definition) is 7. The fourth-order valence-electron chi connectivity index (χ4n) is 3.06. The Kier molecular flexibility index (Phi) is 5.92. The van der Waals surface area contributed by atoms with Crippen LogP contribution >= 0.6 is 22.6 Å². The summed E-state index contributed by atoms with van der Waals surface area (Å²) in [5.41, 5.74) is 0.837. The Balaban J connectivity index is 1.38. The van der Waals surface area contributed by atoms with E-state index in [0.29, 0.717) is 36.9 Å². The van der Waals surface area contributed by atoms with Crippen LogP contribution in [0.5, 0.6) is 0 Å². The Morgan fingerprint density at radius 2 is 1.69 bits per heavy atom. The van der Waals surface area contributed by atoms with E-state index in [1.807, 2.05) is 29.2 Å². The topological polar surface area (TPSA) is 91.3 Å². The fourth-order valence-corrected chi connectivity index (χ4v) is 4.84. The maximum atomic E-state index is 12.8. The van der Waals surface area contributed by atoms with E-state index >= 15 is 0 Å². The van der Waals surface area contributed by atoms with Crippen LogP contribution in [-0.4, -0.2) is 54.1 Å². The van der Waals surface area contributed by atoms with Gasteiger partial charge in [0.2, 0.25) is 10.0 Å². The molecule has 0 atom stereocenters. The van der Waals surface area contributed by atoms with Crippen molar-refractivity contribution in [3.8, 4) is 0 Å². The van der Waals surface area contributed by atoms with Crippen molar-refractivity contribution < 1.29 is 8.42 Å². The second-order valence-electron chi connectivity index (χ2n) is 6.49. The van der Waals surface area contributed by atoms with Crippen LogP contribution in [0.2, 0.25) is 0 Å². The molecule has 2 aromatic heterocycles. The van der Waals surface area contributed by atoms with Gasteiger partial charge in [-0.1, -0.05) is 0 Å². The van der Waals surface area contributed by atoms with E-state index in [0.717, 1.165) is 15.1 Å². The van der Waals surface area contributed by atoms with Gasteiger partial charge < -0.3 is 10.2 Å². The van der Waals surface area contributed by atoms with Crippen molar-refractivity contribution in [2.75, 3.05) is 36.4 Å². The Morgan fingerprint density at radius 1 is 0.931 bits per heavy atom. The molecule has 1 aromatic carbocycles. The zero-order valence-corrected chi connectivity index (χ0v) is 18.4. The van der Waals surface area contributed by atoms with Crippen molar-refractivity contribution in [3.63, 3.8) is 0 Å². The van der Waals surface area contributed by atoms with E-state index < -0.39 is 10.0 Å². The van der Waals surface area contributed by atoms with Gasteiger partial charge in [0.25, 0.3) is 0 Å². The molecule has 1 N–H and O–H groups in total. The highest BCUT2D eigenvalue weighted by molar-refractivity contribution is 14.1. The number of hydrogen-bond donors (Lipinski definition) is 1. The number of nitrogens with one attached hydrogen (secondary N) is 1. The molecule has 4 rings (SSSR count). The van der Waals surface area contributed by atoms with E-state index in [4.69, 9.17) is 0 Å². The van der Waals surface area contributed by atoms with Gasteiger partial charge in [-0.05, 0) is 71.1 Å². The number of sulfonamides is 1. The maximum absolute atomic E-state index is 12.8. The number of anilines is 3. The highest BCUT2D eigenvalue weighted by Crippen LogP contribution is 2.21. The van der Waals surface area contributed by atoms with Gasteiger partial charge in [0, 0.05) is 35.9 Å². The normalized spacial score (nSPS) is 15.3. The molecule has 29 heavy (non-hydrogen) atoms. The predicted octanol–water partition coefficient (Wildman–Crippen LogP) is 2.73. The van der Waals surface area contributed by atoms with E-state index in [1.54, 1.807) is 36.7 Å². The summed E-state index contributed by atoms with van der Waals surface area (Å²) in [5, 5.41) is 11.6. The molecule has 0 aliphatic carbocycles. The Bertz CT molecular complexity index is 1050. The summed E-state index contributed by atoms with van der Waals surface area (Å²) >= 11 is 2.16. The van der Waals surface area contributed by atoms with Gasteiger partial charge in [0.05, 0.1) is 16.8 Å². The summed E-state index contributed by atoms with van der Waals surface area (Å²) in [5.74, 6) is 1.36. The maximum Gasteiger partial charge on any atom is 0.243 e. The molecule has 1 fully saturated rings. The van der Waals surface area contributed by atoms with Crippen molar-refractivity contribution in [2.24, 2.45) is 0 Å². The first-order valence-corrected chi connectivity index (χ1v) is 11.6. The molecule has 3 heterocycles. The molecule has 1 saturated heterocycles. The van der Waals surface area contributed by atoms with Crippen molar-refractivity contribution in [3.05, 3.63) is 64.5 Å². The highest BCUT2D eigenvalue weighted by Gasteiger charge is 2.29. The van der Waals surface area contributed by atoms with Crippen molar-refractivity contribution >= 4 is 49.9 Å². The van der Waals surface area contributed by atoms with Gasteiger partial charge in [-0.25, -0.2) is 8.42 Å². The summed E-state index contributed by atoms with van der Waals surface area (Å²) in [6.45, 7) is 1.94. The average Bonchev–Trinajstić information content (AvgIpc) is 2.75. The number of piperazine rings is 1. The number of halogens is 1. The number of benzene rings is 1. The lowest BCUT2D eigenvalue weighted by Crippen LogP contribution is -2.49.